The standard InChI is InChI=1S/C15H20F2N2/c16-14(17)13-3-1-2-12(8-13)9-19-7-5-15(11-19)4-6-18-10-15/h1-3,8,14,18H,4-7,9-11H2. The molecular weight excluding hydrogens is 246 g/mol. The minimum Gasteiger partial charge on any atom is -0.316 e. The lowest BCUT2D eigenvalue weighted by atomic mass is 9.86. The molecule has 4 heteroatoms. The monoisotopic (exact) mass is 266 g/mol. The van der Waals surface area contributed by atoms with Gasteiger partial charge in [0.15, 0.2) is 0 Å². The minimum absolute atomic E-state index is 0.133. The normalized spacial score (nSPS) is 27.7. The number of nitrogens with zero attached hydrogens (tertiary/aromatic N) is 1. The first-order chi connectivity index (χ1) is 9.17. The van der Waals surface area contributed by atoms with Crippen LogP contribution in [0.1, 0.15) is 30.4 Å². The van der Waals surface area contributed by atoms with Crippen LogP contribution in [0.25, 0.3) is 0 Å². The molecular formula is C15H20F2N2. The van der Waals surface area contributed by atoms with E-state index in [1.165, 1.54) is 18.9 Å². The molecule has 2 aliphatic heterocycles. The Morgan fingerprint density at radius 2 is 2.21 bits per heavy atom. The largest absolute Gasteiger partial charge is 0.316 e. The molecule has 0 amide bonds. The predicted molar refractivity (Wildman–Crippen MR) is 71.2 cm³/mol. The molecule has 0 saturated carbocycles. The van der Waals surface area contributed by atoms with E-state index in [1.54, 1.807) is 12.1 Å². The van der Waals surface area contributed by atoms with Crippen LogP contribution < -0.4 is 5.32 Å². The van der Waals surface area contributed by atoms with Crippen LogP contribution >= 0.6 is 0 Å². The molecule has 1 atom stereocenters. The summed E-state index contributed by atoms with van der Waals surface area (Å²) in [5.41, 5.74) is 1.58. The van der Waals surface area contributed by atoms with Gasteiger partial charge in [0.25, 0.3) is 6.43 Å². The van der Waals surface area contributed by atoms with Gasteiger partial charge in [-0.1, -0.05) is 18.2 Å². The number of hydrogen-bond donors (Lipinski definition) is 1. The minimum atomic E-state index is -2.37. The lowest BCUT2D eigenvalue weighted by Gasteiger charge is -2.23. The Bertz CT molecular complexity index is 442. The Kier molecular flexibility index (Phi) is 3.54. The summed E-state index contributed by atoms with van der Waals surface area (Å²) in [7, 11) is 0. The van der Waals surface area contributed by atoms with Gasteiger partial charge in [-0.05, 0) is 43.0 Å². The van der Waals surface area contributed by atoms with Crippen molar-refractivity contribution in [3.05, 3.63) is 35.4 Å². The number of hydrogen-bond acceptors (Lipinski definition) is 2. The molecule has 2 aliphatic rings. The summed E-state index contributed by atoms with van der Waals surface area (Å²) in [6, 6.07) is 6.83. The Labute approximate surface area is 112 Å². The maximum Gasteiger partial charge on any atom is 0.263 e. The third-order valence-electron chi connectivity index (χ3n) is 4.46. The van der Waals surface area contributed by atoms with Crippen molar-refractivity contribution in [2.75, 3.05) is 26.2 Å². The molecule has 2 saturated heterocycles. The highest BCUT2D eigenvalue weighted by Crippen LogP contribution is 2.36. The van der Waals surface area contributed by atoms with Crippen LogP contribution in [-0.4, -0.2) is 31.1 Å². The van der Waals surface area contributed by atoms with Crippen LogP contribution in [0.5, 0.6) is 0 Å². The van der Waals surface area contributed by atoms with E-state index in [2.05, 4.69) is 10.2 Å². The lowest BCUT2D eigenvalue weighted by molar-refractivity contribution is 0.151. The summed E-state index contributed by atoms with van der Waals surface area (Å²) in [6.45, 7) is 5.21. The second kappa shape index (κ2) is 5.17. The first-order valence-corrected chi connectivity index (χ1v) is 6.97. The van der Waals surface area contributed by atoms with Gasteiger partial charge in [0.05, 0.1) is 0 Å². The van der Waals surface area contributed by atoms with Crippen LogP contribution in [0, 0.1) is 5.41 Å². The van der Waals surface area contributed by atoms with E-state index in [4.69, 9.17) is 0 Å². The summed E-state index contributed by atoms with van der Waals surface area (Å²) < 4.78 is 25.4. The van der Waals surface area contributed by atoms with Gasteiger partial charge in [0.1, 0.15) is 0 Å². The van der Waals surface area contributed by atoms with Gasteiger partial charge in [0.2, 0.25) is 0 Å². The highest BCUT2D eigenvalue weighted by molar-refractivity contribution is 5.24. The summed E-state index contributed by atoms with van der Waals surface area (Å²) >= 11 is 0. The van der Waals surface area contributed by atoms with Crippen LogP contribution in [0.15, 0.2) is 24.3 Å². The van der Waals surface area contributed by atoms with Crippen molar-refractivity contribution in [1.82, 2.24) is 10.2 Å². The fourth-order valence-electron chi connectivity index (χ4n) is 3.39. The van der Waals surface area contributed by atoms with Gasteiger partial charge in [-0.25, -0.2) is 8.78 Å². The summed E-state index contributed by atoms with van der Waals surface area (Å²) in [5, 5.41) is 3.44. The smallest absolute Gasteiger partial charge is 0.263 e. The van der Waals surface area contributed by atoms with Crippen molar-refractivity contribution in [2.24, 2.45) is 5.41 Å². The van der Waals surface area contributed by atoms with Crippen molar-refractivity contribution in [3.63, 3.8) is 0 Å². The molecule has 0 aliphatic carbocycles. The molecule has 2 heterocycles. The maximum absolute atomic E-state index is 12.7. The van der Waals surface area contributed by atoms with Crippen molar-refractivity contribution in [3.8, 4) is 0 Å². The molecule has 0 radical (unpaired) electrons. The molecule has 0 bridgehead atoms. The molecule has 1 aromatic carbocycles. The number of likely N-dealkylation sites (tertiary alicyclic amines) is 1. The third-order valence-corrected chi connectivity index (χ3v) is 4.46. The molecule has 1 N–H and O–H groups in total. The maximum atomic E-state index is 12.7. The fraction of sp³-hybridized carbons (Fsp3) is 0.600. The number of alkyl halides is 2. The number of rotatable bonds is 3. The van der Waals surface area contributed by atoms with Crippen LogP contribution in [-0.2, 0) is 6.54 Å². The van der Waals surface area contributed by atoms with E-state index in [9.17, 15) is 8.78 Å². The van der Waals surface area contributed by atoms with E-state index < -0.39 is 6.43 Å². The topological polar surface area (TPSA) is 15.3 Å². The second-order valence-electron chi connectivity index (χ2n) is 5.93. The van der Waals surface area contributed by atoms with Crippen molar-refractivity contribution in [2.45, 2.75) is 25.8 Å². The first-order valence-electron chi connectivity index (χ1n) is 6.97. The Morgan fingerprint density at radius 3 is 2.95 bits per heavy atom. The van der Waals surface area contributed by atoms with Gasteiger partial charge in [-0.3, -0.25) is 4.90 Å². The summed E-state index contributed by atoms with van der Waals surface area (Å²) in [5.74, 6) is 0. The van der Waals surface area contributed by atoms with E-state index >= 15 is 0 Å². The predicted octanol–water partition coefficient (Wildman–Crippen LogP) is 2.81. The first kappa shape index (κ1) is 13.0. The van der Waals surface area contributed by atoms with Crippen molar-refractivity contribution in [1.29, 1.82) is 0 Å². The van der Waals surface area contributed by atoms with Gasteiger partial charge >= 0.3 is 0 Å². The van der Waals surface area contributed by atoms with Gasteiger partial charge < -0.3 is 5.32 Å². The molecule has 0 aromatic heterocycles. The summed E-state index contributed by atoms with van der Waals surface area (Å²) in [6.07, 6.45) is 0.110. The Hall–Kier alpha value is -1.00. The third kappa shape index (κ3) is 2.79. The number of nitrogens with one attached hydrogen (secondary N) is 1. The SMILES string of the molecule is FC(F)c1cccc(CN2CCC3(CCNC3)C2)c1. The average Bonchev–Trinajstić information content (AvgIpc) is 3.01. The quantitative estimate of drug-likeness (QED) is 0.905. The van der Waals surface area contributed by atoms with Crippen LogP contribution in [0.3, 0.4) is 0 Å². The van der Waals surface area contributed by atoms with E-state index in [-0.39, 0.29) is 5.56 Å². The Balaban J connectivity index is 1.64. The zero-order valence-electron chi connectivity index (χ0n) is 11.0. The zero-order valence-corrected chi connectivity index (χ0v) is 11.0. The lowest BCUT2D eigenvalue weighted by Crippen LogP contribution is -2.28. The second-order valence-corrected chi connectivity index (χ2v) is 5.93. The molecule has 1 unspecified atom stereocenters. The van der Waals surface area contributed by atoms with Crippen LogP contribution in [0.4, 0.5) is 8.78 Å². The molecule has 19 heavy (non-hydrogen) atoms. The average molecular weight is 266 g/mol. The molecule has 1 spiro atoms. The van der Waals surface area contributed by atoms with Gasteiger partial charge in [0, 0.05) is 25.2 Å². The molecule has 104 valence electrons. The van der Waals surface area contributed by atoms with Gasteiger partial charge in [-0.15, -0.1) is 0 Å². The van der Waals surface area contributed by atoms with Crippen molar-refractivity contribution >= 4 is 0 Å². The number of benzene rings is 1. The van der Waals surface area contributed by atoms with E-state index in [1.807, 2.05) is 6.07 Å². The molecule has 3 rings (SSSR count). The van der Waals surface area contributed by atoms with Gasteiger partial charge in [-0.2, -0.15) is 0 Å². The highest BCUT2D eigenvalue weighted by atomic mass is 19.3. The molecule has 2 fully saturated rings. The van der Waals surface area contributed by atoms with Crippen molar-refractivity contribution < 1.29 is 8.78 Å². The molecule has 1 aromatic rings. The van der Waals surface area contributed by atoms with E-state index in [0.717, 1.165) is 38.3 Å². The van der Waals surface area contributed by atoms with E-state index in [0.29, 0.717) is 5.41 Å². The summed E-state index contributed by atoms with van der Waals surface area (Å²) in [4.78, 5) is 2.40. The fourth-order valence-corrected chi connectivity index (χ4v) is 3.39. The number of halogens is 2. The Morgan fingerprint density at radius 1 is 1.32 bits per heavy atom. The molecule has 2 nitrogen and oxygen atoms in total. The zero-order chi connectivity index (χ0) is 13.3. The highest BCUT2D eigenvalue weighted by Gasteiger charge is 2.39. The van der Waals surface area contributed by atoms with Crippen LogP contribution in [0.2, 0.25) is 0 Å².